The van der Waals surface area contributed by atoms with Crippen LogP contribution in [0, 0.1) is 5.82 Å². The molecule has 2 aromatic rings. The summed E-state index contributed by atoms with van der Waals surface area (Å²) in [7, 11) is 0. The third-order valence-corrected chi connectivity index (χ3v) is 15.7. The highest BCUT2D eigenvalue weighted by Gasteiger charge is 2.54. The van der Waals surface area contributed by atoms with Crippen molar-refractivity contribution in [2.24, 2.45) is 82.3 Å². The molecule has 1 aromatic carbocycles. The van der Waals surface area contributed by atoms with E-state index in [1.165, 1.54) is 12.3 Å². The number of unbranched alkanes of at least 4 members (excludes halogenated alkanes) is 9. The summed E-state index contributed by atoms with van der Waals surface area (Å²) in [6, 6.07) is -1.36. The minimum atomic E-state index is -1.71. The second-order valence-corrected chi connectivity index (χ2v) is 22.0. The number of aliphatic hydroxyl groups is 4. The number of benzene rings is 1. The van der Waals surface area contributed by atoms with Crippen molar-refractivity contribution >= 4 is 52.4 Å². The normalized spacial score (nSPS) is 29.4. The molecule has 5 fully saturated rings. The summed E-state index contributed by atoms with van der Waals surface area (Å²) in [4.78, 5) is 50.4. The molecular formula is C52H87FN18O12. The fourth-order valence-electron chi connectivity index (χ4n) is 11.5. The lowest BCUT2D eigenvalue weighted by Crippen LogP contribution is -2.65. The summed E-state index contributed by atoms with van der Waals surface area (Å²) in [5.74, 6) is -3.52. The summed E-state index contributed by atoms with van der Waals surface area (Å²) in [6.07, 6.45) is -0.463. The highest BCUT2D eigenvalue weighted by atomic mass is 19.1. The number of aromatic carboxylic acids is 1. The van der Waals surface area contributed by atoms with Crippen LogP contribution < -0.4 is 67.7 Å². The van der Waals surface area contributed by atoms with Gasteiger partial charge in [-0.25, -0.2) is 29.2 Å². The van der Waals surface area contributed by atoms with Crippen molar-refractivity contribution in [2.45, 2.75) is 182 Å². The second-order valence-electron chi connectivity index (χ2n) is 22.0. The van der Waals surface area contributed by atoms with Crippen molar-refractivity contribution in [1.29, 1.82) is 0 Å². The maximum atomic E-state index is 15.5. The SMILES string of the molecule is NC(N)=NC[C@H]1O[C@H](O[C@H]2[C@H](OCCCCCCCCCCCCN3CCN(c4cc5c(cc4F)c(=O)c(C(=O)O)cn5C4CC4)CC3)[C@@H](O[C@H]3O[C@H](CO)[C@@H](O)[C@H](N=C(N)N)[C@H]3O)[C@H](N=C(N)N)C[C@@H]2N=C(N)N)[C@H](N=C(N)N)C[C@@H]1O. The number of aliphatic imine (C=N–C) groups is 5. The first kappa shape index (κ1) is 64.1. The Bertz CT molecular complexity index is 2670. The van der Waals surface area contributed by atoms with Gasteiger partial charge in [0.1, 0.15) is 66.2 Å². The van der Waals surface area contributed by atoms with Gasteiger partial charge in [0.05, 0.1) is 42.5 Å². The monoisotopic (exact) mass is 1170 g/mol. The van der Waals surface area contributed by atoms with Crippen molar-refractivity contribution in [2.75, 3.05) is 57.4 Å². The number of carboxylic acid groups (broad SMARTS) is 1. The molecule has 0 unspecified atom stereocenters. The van der Waals surface area contributed by atoms with Crippen LogP contribution in [0.5, 0.6) is 0 Å². The number of hydrogen-bond donors (Lipinski definition) is 15. The van der Waals surface area contributed by atoms with Gasteiger partial charge in [-0.2, -0.15) is 0 Å². The molecule has 0 radical (unpaired) electrons. The third kappa shape index (κ3) is 17.3. The number of carboxylic acids is 1. The molecule has 2 aliphatic carbocycles. The van der Waals surface area contributed by atoms with E-state index in [0.717, 1.165) is 90.3 Å². The predicted molar refractivity (Wildman–Crippen MR) is 308 cm³/mol. The molecule has 3 aliphatic heterocycles. The number of carbonyl (C=O) groups is 1. The molecule has 30 nitrogen and oxygen atoms in total. The number of piperazine rings is 1. The highest BCUT2D eigenvalue weighted by Crippen LogP contribution is 2.40. The van der Waals surface area contributed by atoms with Gasteiger partial charge in [0, 0.05) is 56.8 Å². The van der Waals surface area contributed by atoms with Gasteiger partial charge >= 0.3 is 5.97 Å². The third-order valence-electron chi connectivity index (χ3n) is 15.7. The molecule has 464 valence electrons. The average molecular weight is 1180 g/mol. The lowest BCUT2D eigenvalue weighted by molar-refractivity contribution is -0.318. The van der Waals surface area contributed by atoms with Gasteiger partial charge in [0.15, 0.2) is 42.4 Å². The number of pyridine rings is 1. The van der Waals surface area contributed by atoms with Gasteiger partial charge in [-0.05, 0) is 50.8 Å². The van der Waals surface area contributed by atoms with Gasteiger partial charge in [-0.15, -0.1) is 0 Å². The van der Waals surface area contributed by atoms with Crippen LogP contribution in [0.15, 0.2) is 48.1 Å². The van der Waals surface area contributed by atoms with Crippen molar-refractivity contribution in [3.63, 3.8) is 0 Å². The number of guanidine groups is 5. The fraction of sp³-hybridized carbons (Fsp3) is 0.712. The van der Waals surface area contributed by atoms with Gasteiger partial charge in [0.25, 0.3) is 0 Å². The van der Waals surface area contributed by atoms with Crippen LogP contribution in [-0.4, -0.2) is 209 Å². The molecule has 0 amide bonds. The van der Waals surface area contributed by atoms with E-state index in [1.54, 1.807) is 6.07 Å². The number of ether oxygens (including phenoxy) is 5. The fourth-order valence-corrected chi connectivity index (χ4v) is 11.5. The van der Waals surface area contributed by atoms with Crippen molar-refractivity contribution < 1.29 is 58.4 Å². The van der Waals surface area contributed by atoms with Gasteiger partial charge in [0.2, 0.25) is 5.43 Å². The Morgan fingerprint density at radius 1 is 0.663 bits per heavy atom. The van der Waals surface area contributed by atoms with E-state index in [2.05, 4.69) is 29.9 Å². The quantitative estimate of drug-likeness (QED) is 0.0223. The standard InChI is InChI=1S/C52H87FN18O12/c53-29-19-27-33(71(26-11-12-26)24-28(39(27)74)45(77)78)22-34(29)70-16-14-69(15-17-70)13-9-7-5-3-1-2-4-6-8-10-18-79-44-42(82-46-32(67-51(60)61)21-35(73)36(80-46)23-64-48(54)55)30(65-49(56)57)20-31(66-50(58)59)43(44)83-47-41(76)38(68-52(62)63)40(75)37(25-72)81-47/h19,22,24,26,30-32,35-38,40-44,46-47,72-73,75-76H,1-18,20-21,23,25H2,(H,77,78)(H4,54,55,64)(H4,56,57,65)(H4,58,59,66)(H4,60,61,67)(H4,62,63,68)/t30-,31+,32+,35-,36+,37+,38-,40+,41+,42+,43-,44-,46+,47+/m0/s1. The van der Waals surface area contributed by atoms with Crippen LogP contribution in [0.3, 0.4) is 0 Å². The molecule has 25 N–H and O–H groups in total. The van der Waals surface area contributed by atoms with E-state index in [4.69, 9.17) is 81.0 Å². The number of aromatic nitrogens is 1. The van der Waals surface area contributed by atoms with Crippen LogP contribution in [0.1, 0.15) is 106 Å². The first-order chi connectivity index (χ1) is 39.6. The minimum absolute atomic E-state index is 0.0527. The number of nitrogens with two attached hydrogens (primary N) is 10. The van der Waals surface area contributed by atoms with E-state index in [0.29, 0.717) is 30.7 Å². The van der Waals surface area contributed by atoms with Crippen molar-refractivity contribution in [3.05, 3.63) is 39.9 Å². The maximum absolute atomic E-state index is 15.5. The van der Waals surface area contributed by atoms with E-state index in [-0.39, 0.29) is 66.8 Å². The maximum Gasteiger partial charge on any atom is 0.341 e. The van der Waals surface area contributed by atoms with Gasteiger partial charge in [-0.1, -0.05) is 51.4 Å². The number of rotatable bonds is 28. The molecule has 7 rings (SSSR count). The average Bonchev–Trinajstić information content (AvgIpc) is 4.43. The molecule has 2 saturated carbocycles. The van der Waals surface area contributed by atoms with Gasteiger partial charge < -0.3 is 116 Å². The lowest BCUT2D eigenvalue weighted by Gasteiger charge is -2.48. The highest BCUT2D eigenvalue weighted by molar-refractivity contribution is 5.93. The topological polar surface area (TPSA) is 515 Å². The van der Waals surface area contributed by atoms with E-state index in [9.17, 15) is 35.1 Å². The Morgan fingerprint density at radius 3 is 1.77 bits per heavy atom. The van der Waals surface area contributed by atoms with E-state index in [1.807, 2.05) is 9.47 Å². The molecule has 14 atom stereocenters. The van der Waals surface area contributed by atoms with Gasteiger partial charge in [-0.3, -0.25) is 14.7 Å². The number of anilines is 1. The summed E-state index contributed by atoms with van der Waals surface area (Å²) in [5.41, 5.74) is 58.2. The first-order valence-corrected chi connectivity index (χ1v) is 28.5. The Hall–Kier alpha value is -6.42. The summed E-state index contributed by atoms with van der Waals surface area (Å²) in [6.45, 7) is 3.06. The summed E-state index contributed by atoms with van der Waals surface area (Å²) < 4.78 is 49.6. The van der Waals surface area contributed by atoms with Crippen LogP contribution in [-0.2, 0) is 23.7 Å². The predicted octanol–water partition coefficient (Wildman–Crippen LogP) is -3.49. The van der Waals surface area contributed by atoms with Crippen LogP contribution in [0.25, 0.3) is 10.9 Å². The van der Waals surface area contributed by atoms with E-state index >= 15 is 4.39 Å². The molecule has 0 spiro atoms. The molecule has 83 heavy (non-hydrogen) atoms. The Morgan fingerprint density at radius 2 is 1.22 bits per heavy atom. The zero-order valence-electron chi connectivity index (χ0n) is 46.8. The zero-order chi connectivity index (χ0) is 60.1. The van der Waals surface area contributed by atoms with Crippen molar-refractivity contribution in [3.8, 4) is 0 Å². The molecule has 4 heterocycles. The van der Waals surface area contributed by atoms with Crippen LogP contribution in [0.4, 0.5) is 10.1 Å². The molecule has 1 aromatic heterocycles. The summed E-state index contributed by atoms with van der Waals surface area (Å²) >= 11 is 0. The minimum Gasteiger partial charge on any atom is -0.477 e. The molecule has 31 heteroatoms. The smallest absolute Gasteiger partial charge is 0.341 e. The van der Waals surface area contributed by atoms with Crippen LogP contribution >= 0.6 is 0 Å². The van der Waals surface area contributed by atoms with Crippen LogP contribution in [0.2, 0.25) is 0 Å². The number of nitrogens with zero attached hydrogens (tertiary/aromatic N) is 8. The Kier molecular flexibility index (Phi) is 23.1. The Labute approximate surface area is 480 Å². The van der Waals surface area contributed by atoms with Crippen molar-refractivity contribution in [1.82, 2.24) is 9.47 Å². The molecular weight excluding hydrogens is 1090 g/mol. The Balaban J connectivity index is 0.933. The number of fused-ring (bicyclic) bond motifs is 1. The number of hydrogen-bond acceptors (Lipinski definition) is 18. The second kappa shape index (κ2) is 29.9. The molecule has 0 bridgehead atoms. The number of halogens is 1. The largest absolute Gasteiger partial charge is 0.477 e. The molecule has 3 saturated heterocycles. The first-order valence-electron chi connectivity index (χ1n) is 28.5. The molecule has 5 aliphatic rings. The van der Waals surface area contributed by atoms with E-state index < -0.39 is 115 Å². The lowest BCUT2D eigenvalue weighted by atomic mass is 9.83. The summed E-state index contributed by atoms with van der Waals surface area (Å²) in [5, 5.41) is 53.6. The number of aliphatic hydroxyl groups excluding tert-OH is 4. The zero-order valence-corrected chi connectivity index (χ0v) is 46.8.